The van der Waals surface area contributed by atoms with Gasteiger partial charge in [-0.25, -0.2) is 0 Å². The molecule has 1 atom stereocenters. The molecule has 0 saturated heterocycles. The molecule has 2 rings (SSSR count). The van der Waals surface area contributed by atoms with Crippen molar-refractivity contribution in [2.75, 3.05) is 14.2 Å². The smallest absolute Gasteiger partial charge is 0.142 e. The lowest BCUT2D eigenvalue weighted by molar-refractivity contribution is 0.401. The highest BCUT2D eigenvalue weighted by atomic mass is 127. The summed E-state index contributed by atoms with van der Waals surface area (Å²) in [6.45, 7) is 0. The van der Waals surface area contributed by atoms with E-state index in [0.29, 0.717) is 0 Å². The maximum absolute atomic E-state index is 5.38. The summed E-state index contributed by atoms with van der Waals surface area (Å²) < 4.78 is 6.58. The first kappa shape index (κ1) is 13.3. The summed E-state index contributed by atoms with van der Waals surface area (Å²) in [5, 5.41) is 3.29. The summed E-state index contributed by atoms with van der Waals surface area (Å²) in [5.41, 5.74) is 2.09. The van der Waals surface area contributed by atoms with Crippen molar-refractivity contribution in [2.24, 2.45) is 0 Å². The Morgan fingerprint density at radius 3 is 2.78 bits per heavy atom. The maximum atomic E-state index is 5.38. The van der Waals surface area contributed by atoms with E-state index < -0.39 is 0 Å². The molecule has 0 fully saturated rings. The van der Waals surface area contributed by atoms with Gasteiger partial charge in [0.15, 0.2) is 0 Å². The van der Waals surface area contributed by atoms with Gasteiger partial charge in [0.1, 0.15) is 11.4 Å². The van der Waals surface area contributed by atoms with Gasteiger partial charge in [0.25, 0.3) is 0 Å². The normalized spacial score (nSPS) is 12.2. The second-order valence-electron chi connectivity index (χ2n) is 3.87. The average Bonchev–Trinajstić information content (AvgIpc) is 2.40. The van der Waals surface area contributed by atoms with Gasteiger partial charge >= 0.3 is 0 Å². The molecule has 18 heavy (non-hydrogen) atoms. The van der Waals surface area contributed by atoms with Crippen molar-refractivity contribution in [1.82, 2.24) is 10.3 Å². The van der Waals surface area contributed by atoms with Crippen LogP contribution in [-0.4, -0.2) is 19.1 Å². The third kappa shape index (κ3) is 2.81. The van der Waals surface area contributed by atoms with E-state index in [4.69, 9.17) is 4.74 Å². The van der Waals surface area contributed by atoms with Crippen LogP contribution in [0, 0.1) is 3.57 Å². The van der Waals surface area contributed by atoms with Crippen LogP contribution in [-0.2, 0) is 0 Å². The Balaban J connectivity index is 2.45. The van der Waals surface area contributed by atoms with Gasteiger partial charge in [-0.05, 0) is 59.5 Å². The largest absolute Gasteiger partial charge is 0.495 e. The summed E-state index contributed by atoms with van der Waals surface area (Å²) in [6.07, 6.45) is 1.79. The minimum Gasteiger partial charge on any atom is -0.495 e. The van der Waals surface area contributed by atoms with E-state index in [1.807, 2.05) is 19.2 Å². The molecule has 0 bridgehead atoms. The molecule has 1 N–H and O–H groups in total. The molecule has 4 heteroatoms. The molecule has 2 aromatic rings. The minimum absolute atomic E-state index is 0.0378. The number of halogens is 1. The van der Waals surface area contributed by atoms with Crippen LogP contribution in [0.2, 0.25) is 0 Å². The standard InChI is InChI=1S/C14H15IN2O/c1-16-13(10-5-3-6-11(15)9-10)14-12(18-2)7-4-8-17-14/h3-9,13,16H,1-2H3. The van der Waals surface area contributed by atoms with Crippen LogP contribution >= 0.6 is 22.6 Å². The Morgan fingerprint density at radius 1 is 1.28 bits per heavy atom. The highest BCUT2D eigenvalue weighted by Crippen LogP contribution is 2.28. The zero-order chi connectivity index (χ0) is 13.0. The molecule has 0 aliphatic carbocycles. The Labute approximate surface area is 121 Å². The molecule has 0 aliphatic heterocycles. The second-order valence-corrected chi connectivity index (χ2v) is 5.11. The lowest BCUT2D eigenvalue weighted by Crippen LogP contribution is -2.19. The van der Waals surface area contributed by atoms with E-state index in [1.54, 1.807) is 13.3 Å². The van der Waals surface area contributed by atoms with Gasteiger partial charge in [-0.1, -0.05) is 12.1 Å². The van der Waals surface area contributed by atoms with Crippen molar-refractivity contribution < 1.29 is 4.74 Å². The van der Waals surface area contributed by atoms with Crippen molar-refractivity contribution in [3.63, 3.8) is 0 Å². The molecule has 0 aliphatic rings. The molecular formula is C14H15IN2O. The molecule has 1 unspecified atom stereocenters. The third-order valence-electron chi connectivity index (χ3n) is 2.76. The van der Waals surface area contributed by atoms with E-state index in [-0.39, 0.29) is 6.04 Å². The van der Waals surface area contributed by atoms with Crippen LogP contribution in [0.3, 0.4) is 0 Å². The van der Waals surface area contributed by atoms with E-state index in [1.165, 1.54) is 9.13 Å². The number of methoxy groups -OCH3 is 1. The number of hydrogen-bond donors (Lipinski definition) is 1. The quantitative estimate of drug-likeness (QED) is 0.858. The first-order valence-corrected chi connectivity index (χ1v) is 6.75. The maximum Gasteiger partial charge on any atom is 0.142 e. The predicted molar refractivity (Wildman–Crippen MR) is 80.9 cm³/mol. The van der Waals surface area contributed by atoms with Gasteiger partial charge in [-0.2, -0.15) is 0 Å². The van der Waals surface area contributed by atoms with Crippen molar-refractivity contribution in [1.29, 1.82) is 0 Å². The SMILES string of the molecule is CNC(c1cccc(I)c1)c1ncccc1OC. The fraction of sp³-hybridized carbons (Fsp3) is 0.214. The fourth-order valence-electron chi connectivity index (χ4n) is 1.94. The van der Waals surface area contributed by atoms with Crippen LogP contribution in [0.1, 0.15) is 17.3 Å². The molecule has 0 amide bonds. The summed E-state index contributed by atoms with van der Waals surface area (Å²) in [7, 11) is 3.60. The van der Waals surface area contributed by atoms with E-state index in [0.717, 1.165) is 11.4 Å². The Morgan fingerprint density at radius 2 is 2.11 bits per heavy atom. The van der Waals surface area contributed by atoms with Crippen LogP contribution in [0.25, 0.3) is 0 Å². The van der Waals surface area contributed by atoms with Crippen molar-refractivity contribution >= 4 is 22.6 Å². The molecule has 1 aromatic carbocycles. The molecular weight excluding hydrogens is 339 g/mol. The lowest BCUT2D eigenvalue weighted by atomic mass is 10.0. The molecule has 0 saturated carbocycles. The first-order chi connectivity index (χ1) is 8.76. The van der Waals surface area contributed by atoms with Gasteiger partial charge < -0.3 is 10.1 Å². The Kier molecular flexibility index (Phi) is 4.54. The van der Waals surface area contributed by atoms with Crippen molar-refractivity contribution in [3.05, 3.63) is 57.4 Å². The van der Waals surface area contributed by atoms with Crippen LogP contribution in [0.5, 0.6) is 5.75 Å². The van der Waals surface area contributed by atoms with Crippen molar-refractivity contribution in [2.45, 2.75) is 6.04 Å². The molecule has 3 nitrogen and oxygen atoms in total. The summed E-state index contributed by atoms with van der Waals surface area (Å²) >= 11 is 2.31. The topological polar surface area (TPSA) is 34.2 Å². The van der Waals surface area contributed by atoms with E-state index >= 15 is 0 Å². The van der Waals surface area contributed by atoms with Gasteiger partial charge in [0, 0.05) is 9.77 Å². The minimum atomic E-state index is 0.0378. The van der Waals surface area contributed by atoms with Gasteiger partial charge in [-0.15, -0.1) is 0 Å². The Hall–Kier alpha value is -1.14. The molecule has 1 aromatic heterocycles. The molecule has 0 radical (unpaired) electrons. The highest BCUT2D eigenvalue weighted by Gasteiger charge is 2.17. The van der Waals surface area contributed by atoms with Gasteiger partial charge in [0.05, 0.1) is 13.2 Å². The zero-order valence-electron chi connectivity index (χ0n) is 10.4. The molecule has 0 spiro atoms. The number of nitrogens with one attached hydrogen (secondary N) is 1. The molecule has 1 heterocycles. The number of hydrogen-bond acceptors (Lipinski definition) is 3. The first-order valence-electron chi connectivity index (χ1n) is 5.68. The van der Waals surface area contributed by atoms with Crippen LogP contribution < -0.4 is 10.1 Å². The lowest BCUT2D eigenvalue weighted by Gasteiger charge is -2.18. The monoisotopic (exact) mass is 354 g/mol. The van der Waals surface area contributed by atoms with E-state index in [2.05, 4.69) is 57.2 Å². The van der Waals surface area contributed by atoms with Gasteiger partial charge in [0.2, 0.25) is 0 Å². The number of ether oxygens (including phenoxy) is 1. The predicted octanol–water partition coefficient (Wildman–Crippen LogP) is 3.00. The molecule has 94 valence electrons. The number of nitrogens with zero attached hydrogens (tertiary/aromatic N) is 1. The summed E-state index contributed by atoms with van der Waals surface area (Å²) in [4.78, 5) is 4.44. The Bertz CT molecular complexity index is 531. The fourth-order valence-corrected chi connectivity index (χ4v) is 2.51. The van der Waals surface area contributed by atoms with Gasteiger partial charge in [-0.3, -0.25) is 4.98 Å². The van der Waals surface area contributed by atoms with Crippen LogP contribution in [0.15, 0.2) is 42.6 Å². The summed E-state index contributed by atoms with van der Waals surface area (Å²) in [6, 6.07) is 12.2. The van der Waals surface area contributed by atoms with Crippen molar-refractivity contribution in [3.8, 4) is 5.75 Å². The average molecular weight is 354 g/mol. The number of benzene rings is 1. The highest BCUT2D eigenvalue weighted by molar-refractivity contribution is 14.1. The van der Waals surface area contributed by atoms with Crippen LogP contribution in [0.4, 0.5) is 0 Å². The third-order valence-corrected chi connectivity index (χ3v) is 3.43. The summed E-state index contributed by atoms with van der Waals surface area (Å²) in [5.74, 6) is 0.802. The second kappa shape index (κ2) is 6.15. The number of rotatable bonds is 4. The number of aromatic nitrogens is 1. The zero-order valence-corrected chi connectivity index (χ0v) is 12.5. The van der Waals surface area contributed by atoms with E-state index in [9.17, 15) is 0 Å². The number of pyridine rings is 1.